The Kier molecular flexibility index (Phi) is 7.11. The van der Waals surface area contributed by atoms with Crippen molar-refractivity contribution in [1.29, 1.82) is 5.26 Å². The Morgan fingerprint density at radius 3 is 2.38 bits per heavy atom. The van der Waals surface area contributed by atoms with Gasteiger partial charge in [0.15, 0.2) is 0 Å². The lowest BCUT2D eigenvalue weighted by Crippen LogP contribution is -2.35. The lowest BCUT2D eigenvalue weighted by molar-refractivity contribution is -0.158. The lowest BCUT2D eigenvalue weighted by Gasteiger charge is -2.23. The molecule has 170 valence electrons. The van der Waals surface area contributed by atoms with Crippen LogP contribution in [0.5, 0.6) is 0 Å². The molecule has 0 fully saturated rings. The Morgan fingerprint density at radius 2 is 1.79 bits per heavy atom. The van der Waals surface area contributed by atoms with Crippen molar-refractivity contribution in [1.82, 2.24) is 9.78 Å². The van der Waals surface area contributed by atoms with E-state index in [0.717, 1.165) is 10.2 Å². The molecule has 0 bridgehead atoms. The predicted molar refractivity (Wildman–Crippen MR) is 128 cm³/mol. The van der Waals surface area contributed by atoms with Gasteiger partial charge in [0.1, 0.15) is 23.9 Å². The number of esters is 1. The zero-order valence-corrected chi connectivity index (χ0v) is 18.6. The molecular weight excluding hydrogens is 430 g/mol. The van der Waals surface area contributed by atoms with Gasteiger partial charge in [0.25, 0.3) is 5.56 Å². The minimum absolute atomic E-state index is 0.0855. The van der Waals surface area contributed by atoms with Crippen LogP contribution in [0, 0.1) is 11.3 Å². The number of nitrogens with zero attached hydrogens (tertiary/aromatic N) is 3. The summed E-state index contributed by atoms with van der Waals surface area (Å²) in [4.78, 5) is 25.3. The van der Waals surface area contributed by atoms with Gasteiger partial charge in [0, 0.05) is 18.1 Å². The summed E-state index contributed by atoms with van der Waals surface area (Å²) < 4.78 is 12.4. The zero-order valence-electron chi connectivity index (χ0n) is 18.6. The molecule has 34 heavy (non-hydrogen) atoms. The van der Waals surface area contributed by atoms with Crippen LogP contribution in [0.1, 0.15) is 25.1 Å². The van der Waals surface area contributed by atoms with E-state index in [1.807, 2.05) is 85.0 Å². The van der Waals surface area contributed by atoms with Crippen LogP contribution in [0.15, 0.2) is 89.8 Å². The van der Waals surface area contributed by atoms with Crippen molar-refractivity contribution in [2.24, 2.45) is 0 Å². The molecule has 1 heterocycles. The minimum Gasteiger partial charge on any atom is -0.437 e. The molecule has 2 atom stereocenters. The van der Waals surface area contributed by atoms with Gasteiger partial charge in [-0.05, 0) is 12.0 Å². The molecule has 7 heteroatoms. The summed E-state index contributed by atoms with van der Waals surface area (Å²) in [5.41, 5.74) is 1.52. The lowest BCUT2D eigenvalue weighted by atomic mass is 9.96. The van der Waals surface area contributed by atoms with Crippen molar-refractivity contribution in [3.05, 3.63) is 101 Å². The number of aromatic nitrogens is 2. The second-order valence-corrected chi connectivity index (χ2v) is 7.68. The Balaban J connectivity index is 1.87. The third-order valence-corrected chi connectivity index (χ3v) is 5.31. The number of allylic oxidation sites excluding steroid dienone is 2. The summed E-state index contributed by atoms with van der Waals surface area (Å²) >= 11 is 0. The van der Waals surface area contributed by atoms with Crippen LogP contribution >= 0.6 is 0 Å². The van der Waals surface area contributed by atoms with Gasteiger partial charge in [-0.25, -0.2) is 0 Å². The van der Waals surface area contributed by atoms with Crippen LogP contribution in [-0.4, -0.2) is 28.5 Å². The molecule has 3 aromatic rings. The second-order valence-electron chi connectivity index (χ2n) is 7.68. The average Bonchev–Trinajstić information content (AvgIpc) is 2.88. The Labute approximate surface area is 197 Å². The van der Waals surface area contributed by atoms with Crippen molar-refractivity contribution in [3.63, 3.8) is 0 Å². The molecule has 7 nitrogen and oxygen atoms in total. The summed E-state index contributed by atoms with van der Waals surface area (Å²) in [6.45, 7) is 1.15. The second kappa shape index (κ2) is 10.6. The maximum absolute atomic E-state index is 13.5. The van der Waals surface area contributed by atoms with Gasteiger partial charge >= 0.3 is 5.97 Å². The molecule has 4 rings (SSSR count). The number of benzene rings is 2. The van der Waals surface area contributed by atoms with E-state index in [9.17, 15) is 14.9 Å². The first-order valence-corrected chi connectivity index (χ1v) is 10.9. The summed E-state index contributed by atoms with van der Waals surface area (Å²) in [5, 5.41) is 14.6. The fraction of sp³-hybridized carbons (Fsp3) is 0.185. The maximum atomic E-state index is 13.5. The first kappa shape index (κ1) is 22.9. The van der Waals surface area contributed by atoms with E-state index in [1.165, 1.54) is 6.92 Å². The number of ether oxygens (including phenoxy) is 2. The highest BCUT2D eigenvalue weighted by Gasteiger charge is 2.26. The molecule has 2 unspecified atom stereocenters. The van der Waals surface area contributed by atoms with Crippen LogP contribution in [-0.2, 0) is 14.3 Å². The van der Waals surface area contributed by atoms with Gasteiger partial charge in [-0.2, -0.15) is 15.0 Å². The van der Waals surface area contributed by atoms with E-state index in [0.29, 0.717) is 23.2 Å². The van der Waals surface area contributed by atoms with Crippen molar-refractivity contribution >= 4 is 5.97 Å². The fourth-order valence-electron chi connectivity index (χ4n) is 3.76. The number of hydrogen-bond donors (Lipinski definition) is 0. The normalized spacial score (nSPS) is 15.5. The van der Waals surface area contributed by atoms with Gasteiger partial charge in [-0.3, -0.25) is 9.59 Å². The first-order valence-electron chi connectivity index (χ1n) is 10.9. The van der Waals surface area contributed by atoms with Gasteiger partial charge < -0.3 is 9.47 Å². The van der Waals surface area contributed by atoms with Crippen molar-refractivity contribution < 1.29 is 14.3 Å². The summed E-state index contributed by atoms with van der Waals surface area (Å²) in [6, 6.07) is 20.5. The predicted octanol–water partition coefficient (Wildman–Crippen LogP) is 4.41. The molecule has 1 aliphatic carbocycles. The van der Waals surface area contributed by atoms with E-state index in [-0.39, 0.29) is 18.3 Å². The van der Waals surface area contributed by atoms with Crippen molar-refractivity contribution in [3.8, 4) is 28.5 Å². The Bertz CT molecular complexity index is 1320. The SMILES string of the molecule is CC(=O)OC(COC1C=CC=CC1)n1nc(-c2ccccc2)c(-c2ccccc2)c(C#N)c1=O. The van der Waals surface area contributed by atoms with E-state index in [1.54, 1.807) is 0 Å². The van der Waals surface area contributed by atoms with Gasteiger partial charge in [0.2, 0.25) is 6.23 Å². The van der Waals surface area contributed by atoms with Gasteiger partial charge in [-0.1, -0.05) is 85.0 Å². The van der Waals surface area contributed by atoms with Gasteiger partial charge in [-0.15, -0.1) is 0 Å². The molecular formula is C27H23N3O4. The van der Waals surface area contributed by atoms with Crippen LogP contribution in [0.4, 0.5) is 0 Å². The first-order chi connectivity index (χ1) is 16.6. The van der Waals surface area contributed by atoms with Gasteiger partial charge in [0.05, 0.1) is 6.10 Å². The summed E-state index contributed by atoms with van der Waals surface area (Å²) in [5.74, 6) is -0.590. The highest BCUT2D eigenvalue weighted by molar-refractivity contribution is 5.84. The molecule has 2 aromatic carbocycles. The topological polar surface area (TPSA) is 94.2 Å². The zero-order chi connectivity index (χ0) is 23.9. The van der Waals surface area contributed by atoms with E-state index in [2.05, 4.69) is 11.2 Å². The number of nitriles is 1. The largest absolute Gasteiger partial charge is 0.437 e. The minimum atomic E-state index is -1.14. The molecule has 0 amide bonds. The Morgan fingerprint density at radius 1 is 1.12 bits per heavy atom. The van der Waals surface area contributed by atoms with Crippen molar-refractivity contribution in [2.75, 3.05) is 6.61 Å². The van der Waals surface area contributed by atoms with Crippen LogP contribution in [0.3, 0.4) is 0 Å². The fourth-order valence-corrected chi connectivity index (χ4v) is 3.76. The standard InChI is InChI=1S/C27H23N3O4/c1-19(31)34-24(18-33-22-15-9-4-10-16-22)30-27(32)23(17-28)25(20-11-5-2-6-12-20)26(29-30)21-13-7-3-8-14-21/h2-15,22,24H,16,18H2,1H3. The van der Waals surface area contributed by atoms with E-state index in [4.69, 9.17) is 9.47 Å². The van der Waals surface area contributed by atoms with E-state index < -0.39 is 17.8 Å². The number of carbonyl (C=O) groups is 1. The molecule has 1 aromatic heterocycles. The molecule has 0 N–H and O–H groups in total. The highest BCUT2D eigenvalue weighted by Crippen LogP contribution is 2.32. The average molecular weight is 453 g/mol. The number of carbonyl (C=O) groups excluding carboxylic acids is 1. The summed E-state index contributed by atoms with van der Waals surface area (Å²) in [7, 11) is 0. The van der Waals surface area contributed by atoms with Crippen LogP contribution in [0.2, 0.25) is 0 Å². The maximum Gasteiger partial charge on any atom is 0.304 e. The molecule has 0 aliphatic heterocycles. The van der Waals surface area contributed by atoms with Crippen LogP contribution < -0.4 is 5.56 Å². The summed E-state index contributed by atoms with van der Waals surface area (Å²) in [6.07, 6.45) is 6.95. The monoisotopic (exact) mass is 453 g/mol. The molecule has 1 aliphatic rings. The molecule has 0 saturated heterocycles. The molecule has 0 radical (unpaired) electrons. The number of hydrogen-bond acceptors (Lipinski definition) is 6. The molecule has 0 saturated carbocycles. The smallest absolute Gasteiger partial charge is 0.304 e. The highest BCUT2D eigenvalue weighted by atomic mass is 16.6. The molecule has 0 spiro atoms. The third kappa shape index (κ3) is 5.03. The third-order valence-electron chi connectivity index (χ3n) is 5.31. The van der Waals surface area contributed by atoms with Crippen LogP contribution in [0.25, 0.3) is 22.4 Å². The quantitative estimate of drug-likeness (QED) is 0.492. The van der Waals surface area contributed by atoms with E-state index >= 15 is 0 Å². The van der Waals surface area contributed by atoms with Crippen molar-refractivity contribution in [2.45, 2.75) is 25.7 Å². The number of rotatable bonds is 7. The Hall–Kier alpha value is -4.28.